The second kappa shape index (κ2) is 31.6. The Kier molecular flexibility index (Phi) is 23.1. The number of rotatable bonds is 15. The van der Waals surface area contributed by atoms with Crippen LogP contribution in [0.1, 0.15) is 56.4 Å². The minimum Gasteiger partial charge on any atom is -0.497 e. The number of benzene rings is 8. The predicted molar refractivity (Wildman–Crippen MR) is 353 cm³/mol. The molecule has 12 heteroatoms. The molecule has 6 aliphatic rings. The van der Waals surface area contributed by atoms with Gasteiger partial charge in [-0.2, -0.15) is 18.2 Å². The van der Waals surface area contributed by atoms with E-state index in [1.54, 1.807) is 20.4 Å². The van der Waals surface area contributed by atoms with Crippen LogP contribution in [0, 0.1) is 29.7 Å². The Morgan fingerprint density at radius 3 is 1.33 bits per heavy atom. The van der Waals surface area contributed by atoms with E-state index in [-0.39, 0.29) is 38.4 Å². The van der Waals surface area contributed by atoms with E-state index in [2.05, 4.69) is 46.2 Å². The topological polar surface area (TPSA) is 119 Å². The van der Waals surface area contributed by atoms with Crippen molar-refractivity contribution in [2.75, 3.05) is 40.4 Å². The number of piperidine rings is 6. The number of fused-ring (bicyclic) bond motifs is 8. The average molecular weight is 1180 g/mol. The molecule has 0 aliphatic carbocycles. The second-order valence-electron chi connectivity index (χ2n) is 22.5. The Labute approximate surface area is 537 Å². The predicted octanol–water partition coefficient (Wildman–Crippen LogP) is 14.2. The fraction of sp³-hybridized carbons (Fsp3) is 0.247. The maximum atomic E-state index is 11.8. The van der Waals surface area contributed by atoms with Crippen molar-refractivity contribution in [3.8, 4) is 57.3 Å². The molecule has 2 aromatic heterocycles. The van der Waals surface area contributed by atoms with Gasteiger partial charge in [-0.3, -0.25) is 14.8 Å². The molecule has 8 heterocycles. The van der Waals surface area contributed by atoms with Crippen LogP contribution in [0.5, 0.6) is 46.0 Å². The summed E-state index contributed by atoms with van der Waals surface area (Å²) in [4.78, 5) is 14.3. The Morgan fingerprint density at radius 2 is 0.899 bits per heavy atom. The number of aliphatic hydroxyl groups is 2. The first-order valence-electron chi connectivity index (χ1n) is 30.0. The van der Waals surface area contributed by atoms with Crippen LogP contribution in [0.25, 0.3) is 33.1 Å². The van der Waals surface area contributed by atoms with Crippen LogP contribution in [-0.4, -0.2) is 82.5 Å². The number of aliphatic hydroxyl groups excluding tert-OH is 2. The van der Waals surface area contributed by atoms with Crippen molar-refractivity contribution in [3.63, 3.8) is 0 Å². The zero-order valence-electron chi connectivity index (χ0n) is 50.4. The molecule has 10 atom stereocenters. The fourth-order valence-electron chi connectivity index (χ4n) is 12.6. The summed E-state index contributed by atoms with van der Waals surface area (Å²) in [6.07, 6.45) is 9.25. The van der Waals surface area contributed by atoms with Gasteiger partial charge in [0.25, 0.3) is 0 Å². The van der Waals surface area contributed by atoms with E-state index in [1.807, 2.05) is 218 Å². The summed E-state index contributed by atoms with van der Waals surface area (Å²) >= 11 is 0. The van der Waals surface area contributed by atoms with Gasteiger partial charge >= 0.3 is 18.9 Å². The Hall–Kier alpha value is -8.50. The van der Waals surface area contributed by atoms with Gasteiger partial charge in [0, 0.05) is 53.5 Å². The first-order valence-corrected chi connectivity index (χ1v) is 30.0. The summed E-state index contributed by atoms with van der Waals surface area (Å²) in [6, 6.07) is 73.3. The summed E-state index contributed by atoms with van der Waals surface area (Å²) in [5, 5.41) is 24.9. The van der Waals surface area contributed by atoms with E-state index in [1.165, 1.54) is 12.8 Å². The standard InChI is InChI=1S/C32H32N2O3.C20H24N2O2.C12H10O.C12H9O.CH4.Li/c1-3-21-20-34-16-15-23(21)17-31(34)32(35)28-19-30(33-29-14-13-26(36-2)18-27(28)29)22-9-11-25(12-10-22)37-24-7-5-4-6-8-24;1-3-13-12-22-9-7-14(13)10-19(22)20(23)16-6-8-21-18-5-4-15(24-2)11-17(16)18;2*1-3-7-11(8-4-1)13-12-9-5-2-6-10-12;;/h3-14,18-19,21,23,31-32,35H,1,15-17,20H2,2H3;3-6,8,11,13-14,19-20,23H,1,7,9-10,12H2,2H3;1-10H;1,3-10H;1H4;/q;;;-1;;+1/t21?,23?,31?,32-;13?,14?,19?,20-;;;;/m11..../s1. The summed E-state index contributed by atoms with van der Waals surface area (Å²) < 4.78 is 28.0. The third-order valence-electron chi connectivity index (χ3n) is 17.2. The van der Waals surface area contributed by atoms with Crippen LogP contribution >= 0.6 is 0 Å². The minimum atomic E-state index is -0.620. The van der Waals surface area contributed by atoms with E-state index in [9.17, 15) is 10.2 Å². The van der Waals surface area contributed by atoms with Gasteiger partial charge in [0.05, 0.1) is 43.2 Å². The van der Waals surface area contributed by atoms with Crippen molar-refractivity contribution < 1.29 is 52.8 Å². The molecule has 10 aromatic rings. The first kappa shape index (κ1) is 65.0. The van der Waals surface area contributed by atoms with E-state index >= 15 is 0 Å². The summed E-state index contributed by atoms with van der Waals surface area (Å²) in [5.41, 5.74) is 5.40. The Balaban J connectivity index is 0.000000154. The molecule has 2 N–H and O–H groups in total. The number of pyridine rings is 2. The van der Waals surface area contributed by atoms with Crippen LogP contribution in [-0.2, 0) is 0 Å². The number of para-hydroxylation sites is 4. The van der Waals surface area contributed by atoms with E-state index < -0.39 is 12.2 Å². The number of hydrogen-bond donors (Lipinski definition) is 2. The van der Waals surface area contributed by atoms with E-state index in [4.69, 9.17) is 28.7 Å². The molecule has 0 saturated carbocycles. The van der Waals surface area contributed by atoms with Crippen LogP contribution in [0.3, 0.4) is 0 Å². The Bertz CT molecular complexity index is 3660. The largest absolute Gasteiger partial charge is 1.00 e. The molecule has 450 valence electrons. The summed E-state index contributed by atoms with van der Waals surface area (Å²) in [5.74, 6) is 8.86. The molecule has 89 heavy (non-hydrogen) atoms. The van der Waals surface area contributed by atoms with Crippen molar-refractivity contribution in [1.82, 2.24) is 19.8 Å². The summed E-state index contributed by atoms with van der Waals surface area (Å²) in [7, 11) is 3.33. The van der Waals surface area contributed by atoms with Crippen molar-refractivity contribution in [2.45, 2.75) is 57.4 Å². The quantitative estimate of drug-likeness (QED) is 0.0580. The summed E-state index contributed by atoms with van der Waals surface area (Å²) in [6.45, 7) is 12.1. The molecule has 0 spiro atoms. The Morgan fingerprint density at radius 1 is 0.494 bits per heavy atom. The monoisotopic (exact) mass is 1180 g/mol. The van der Waals surface area contributed by atoms with Gasteiger partial charge in [0.1, 0.15) is 40.2 Å². The zero-order valence-corrected chi connectivity index (χ0v) is 50.4. The molecule has 8 unspecified atom stereocenters. The SMILES string of the molecule is C.C=CC1CN2CCC1CC2[C@H](O)c1cc(-c2ccc(Oc3ccccc3)cc2)nc2ccc(OC)cc12.C=CC1CN2CCC1CC2[C@H](O)c1ccnc2ccc(OC)cc12.[Li+].[c-]1ccc(Oc2ccccc2)cc1.c1ccc(Oc2ccccc2)cc1. The van der Waals surface area contributed by atoms with Gasteiger partial charge in [-0.25, -0.2) is 4.98 Å². The minimum absolute atomic E-state index is 0. The molecule has 4 bridgehead atoms. The molecule has 16 rings (SSSR count). The molecule has 11 nitrogen and oxygen atoms in total. The third kappa shape index (κ3) is 16.2. The molecule has 0 radical (unpaired) electrons. The van der Waals surface area contributed by atoms with Gasteiger partial charge < -0.3 is 33.9 Å². The molecular weight excluding hydrogens is 1100 g/mol. The number of hydrogen-bond acceptors (Lipinski definition) is 11. The van der Waals surface area contributed by atoms with Gasteiger partial charge in [-0.05, 0) is 195 Å². The smallest absolute Gasteiger partial charge is 0.497 e. The van der Waals surface area contributed by atoms with Gasteiger partial charge in [0.2, 0.25) is 0 Å². The normalized spacial score (nSPS) is 20.7. The second-order valence-corrected chi connectivity index (χ2v) is 22.5. The van der Waals surface area contributed by atoms with Crippen molar-refractivity contribution >= 4 is 21.8 Å². The fourth-order valence-corrected chi connectivity index (χ4v) is 12.6. The van der Waals surface area contributed by atoms with Crippen LogP contribution in [0.4, 0.5) is 0 Å². The molecule has 6 saturated heterocycles. The van der Waals surface area contributed by atoms with E-state index in [0.717, 1.165) is 129 Å². The molecule has 6 fully saturated rings. The van der Waals surface area contributed by atoms with Crippen molar-refractivity contribution in [1.29, 1.82) is 0 Å². The number of methoxy groups -OCH3 is 2. The van der Waals surface area contributed by atoms with Crippen LogP contribution < -0.4 is 42.5 Å². The number of ether oxygens (including phenoxy) is 5. The molecule has 8 aromatic carbocycles. The van der Waals surface area contributed by atoms with Crippen molar-refractivity contribution in [3.05, 3.63) is 267 Å². The number of nitrogens with zero attached hydrogens (tertiary/aromatic N) is 4. The van der Waals surface area contributed by atoms with Crippen LogP contribution in [0.2, 0.25) is 0 Å². The van der Waals surface area contributed by atoms with E-state index in [0.29, 0.717) is 23.7 Å². The maximum absolute atomic E-state index is 11.8. The van der Waals surface area contributed by atoms with Gasteiger partial charge in [0.15, 0.2) is 0 Å². The maximum Gasteiger partial charge on any atom is 1.00 e. The van der Waals surface area contributed by atoms with Gasteiger partial charge in [-0.1, -0.05) is 92.4 Å². The molecular formula is C77H79LiN4O7. The average Bonchev–Trinajstić information content (AvgIpc) is 1.09. The first-order chi connectivity index (χ1) is 42.7. The number of aromatic nitrogens is 2. The third-order valence-corrected chi connectivity index (χ3v) is 17.2. The zero-order chi connectivity index (χ0) is 59.9. The van der Waals surface area contributed by atoms with Gasteiger partial charge in [-0.15, -0.1) is 25.3 Å². The van der Waals surface area contributed by atoms with Crippen LogP contribution in [0.15, 0.2) is 250 Å². The molecule has 6 aliphatic heterocycles. The molecule has 0 amide bonds. The van der Waals surface area contributed by atoms with Crippen molar-refractivity contribution in [2.24, 2.45) is 23.7 Å².